The SMILES string of the molecule is CCCCN(CCCC)C(=O)C1CC(=O)N(c2ccc(Cl)cc2)C1. The standard InChI is InChI=1S/C19H27ClN2O2/c1-3-5-11-21(12-6-4-2)19(24)15-13-18(23)22(14-15)17-9-7-16(20)8-10-17/h7-10,15H,3-6,11-14H2,1-2H3. The van der Waals surface area contributed by atoms with Gasteiger partial charge in [-0.05, 0) is 37.1 Å². The van der Waals surface area contributed by atoms with E-state index < -0.39 is 0 Å². The van der Waals surface area contributed by atoms with Crippen molar-refractivity contribution in [1.82, 2.24) is 4.90 Å². The molecule has 1 aliphatic rings. The van der Waals surface area contributed by atoms with Gasteiger partial charge in [0.05, 0.1) is 5.92 Å². The number of rotatable bonds is 8. The lowest BCUT2D eigenvalue weighted by atomic mass is 10.1. The van der Waals surface area contributed by atoms with E-state index in [9.17, 15) is 9.59 Å². The van der Waals surface area contributed by atoms with Crippen LogP contribution in [0.3, 0.4) is 0 Å². The summed E-state index contributed by atoms with van der Waals surface area (Å²) in [4.78, 5) is 28.9. The van der Waals surface area contributed by atoms with Crippen molar-refractivity contribution in [3.05, 3.63) is 29.3 Å². The molecule has 1 atom stereocenters. The third-order valence-electron chi connectivity index (χ3n) is 4.49. The molecule has 4 nitrogen and oxygen atoms in total. The lowest BCUT2D eigenvalue weighted by Gasteiger charge is -2.25. The van der Waals surface area contributed by atoms with Crippen LogP contribution in [0.25, 0.3) is 0 Å². The fraction of sp³-hybridized carbons (Fsp3) is 0.579. The van der Waals surface area contributed by atoms with Crippen molar-refractivity contribution < 1.29 is 9.59 Å². The molecule has 1 aliphatic heterocycles. The number of amides is 2. The zero-order chi connectivity index (χ0) is 17.5. The molecular weight excluding hydrogens is 324 g/mol. The number of halogens is 1. The maximum absolute atomic E-state index is 12.9. The second-order valence-corrected chi connectivity index (χ2v) is 6.85. The van der Waals surface area contributed by atoms with Gasteiger partial charge in [-0.2, -0.15) is 0 Å². The Morgan fingerprint density at radius 2 is 1.75 bits per heavy atom. The van der Waals surface area contributed by atoms with Crippen LogP contribution in [-0.4, -0.2) is 36.3 Å². The quantitative estimate of drug-likeness (QED) is 0.707. The third kappa shape index (κ3) is 4.73. The van der Waals surface area contributed by atoms with E-state index in [1.165, 1.54) is 0 Å². The number of hydrogen-bond donors (Lipinski definition) is 0. The number of hydrogen-bond acceptors (Lipinski definition) is 2. The summed E-state index contributed by atoms with van der Waals surface area (Å²) in [5, 5.41) is 0.642. The van der Waals surface area contributed by atoms with E-state index in [-0.39, 0.29) is 17.7 Å². The smallest absolute Gasteiger partial charge is 0.228 e. The Bertz CT molecular complexity index is 551. The summed E-state index contributed by atoms with van der Waals surface area (Å²) < 4.78 is 0. The van der Waals surface area contributed by atoms with E-state index in [1.54, 1.807) is 17.0 Å². The molecule has 5 heteroatoms. The second-order valence-electron chi connectivity index (χ2n) is 6.41. The Labute approximate surface area is 149 Å². The van der Waals surface area contributed by atoms with Crippen LogP contribution in [0.4, 0.5) is 5.69 Å². The van der Waals surface area contributed by atoms with E-state index in [0.717, 1.165) is 44.5 Å². The normalized spacial score (nSPS) is 17.4. The lowest BCUT2D eigenvalue weighted by Crippen LogP contribution is -2.38. The number of benzene rings is 1. The number of nitrogens with zero attached hydrogens (tertiary/aromatic N) is 2. The summed E-state index contributed by atoms with van der Waals surface area (Å²) in [6, 6.07) is 7.21. The molecule has 0 saturated carbocycles. The minimum atomic E-state index is -0.234. The molecule has 0 aliphatic carbocycles. The maximum atomic E-state index is 12.9. The summed E-state index contributed by atoms with van der Waals surface area (Å²) in [5.41, 5.74) is 0.813. The van der Waals surface area contributed by atoms with Gasteiger partial charge in [-0.3, -0.25) is 9.59 Å². The molecule has 2 amide bonds. The number of carbonyl (C=O) groups is 2. The zero-order valence-electron chi connectivity index (χ0n) is 14.6. The van der Waals surface area contributed by atoms with Crippen LogP contribution in [0.2, 0.25) is 5.02 Å². The first-order chi connectivity index (χ1) is 11.6. The molecule has 24 heavy (non-hydrogen) atoms. The van der Waals surface area contributed by atoms with Gasteiger partial charge in [-0.25, -0.2) is 0 Å². The van der Waals surface area contributed by atoms with Crippen molar-refractivity contribution in [3.63, 3.8) is 0 Å². The minimum Gasteiger partial charge on any atom is -0.342 e. The van der Waals surface area contributed by atoms with E-state index in [2.05, 4.69) is 13.8 Å². The summed E-state index contributed by atoms with van der Waals surface area (Å²) in [6.07, 6.45) is 4.46. The van der Waals surface area contributed by atoms with Gasteiger partial charge in [0.25, 0.3) is 0 Å². The van der Waals surface area contributed by atoms with Gasteiger partial charge in [0, 0.05) is 36.8 Å². The van der Waals surface area contributed by atoms with Crippen molar-refractivity contribution in [2.75, 3.05) is 24.5 Å². The molecule has 1 aromatic carbocycles. The van der Waals surface area contributed by atoms with Gasteiger partial charge in [-0.1, -0.05) is 38.3 Å². The van der Waals surface area contributed by atoms with E-state index in [1.807, 2.05) is 17.0 Å². The molecule has 1 fully saturated rings. The Morgan fingerprint density at radius 1 is 1.17 bits per heavy atom. The molecule has 0 spiro atoms. The molecule has 1 aromatic rings. The highest BCUT2D eigenvalue weighted by molar-refractivity contribution is 6.30. The molecule has 2 rings (SSSR count). The highest BCUT2D eigenvalue weighted by Gasteiger charge is 2.36. The van der Waals surface area contributed by atoms with Crippen molar-refractivity contribution in [3.8, 4) is 0 Å². The highest BCUT2D eigenvalue weighted by atomic mass is 35.5. The fourth-order valence-electron chi connectivity index (χ4n) is 3.03. The molecule has 1 unspecified atom stereocenters. The van der Waals surface area contributed by atoms with E-state index in [4.69, 9.17) is 11.6 Å². The van der Waals surface area contributed by atoms with Gasteiger partial charge in [-0.15, -0.1) is 0 Å². The van der Waals surface area contributed by atoms with Crippen molar-refractivity contribution in [1.29, 1.82) is 0 Å². The van der Waals surface area contributed by atoms with Crippen LogP contribution in [-0.2, 0) is 9.59 Å². The Balaban J connectivity index is 2.04. The third-order valence-corrected chi connectivity index (χ3v) is 4.74. The van der Waals surface area contributed by atoms with Gasteiger partial charge in [0.15, 0.2) is 0 Å². The molecule has 1 saturated heterocycles. The Hall–Kier alpha value is -1.55. The molecule has 0 N–H and O–H groups in total. The number of anilines is 1. The maximum Gasteiger partial charge on any atom is 0.228 e. The van der Waals surface area contributed by atoms with Crippen molar-refractivity contribution >= 4 is 29.1 Å². The van der Waals surface area contributed by atoms with Gasteiger partial charge >= 0.3 is 0 Å². The molecular formula is C19H27ClN2O2. The van der Waals surface area contributed by atoms with E-state index >= 15 is 0 Å². The van der Waals surface area contributed by atoms with Crippen molar-refractivity contribution in [2.45, 2.75) is 46.0 Å². The van der Waals surface area contributed by atoms with Crippen LogP contribution in [0.15, 0.2) is 24.3 Å². The monoisotopic (exact) mass is 350 g/mol. The van der Waals surface area contributed by atoms with Gasteiger partial charge in [0.1, 0.15) is 0 Å². The molecule has 1 heterocycles. The first kappa shape index (κ1) is 18.8. The summed E-state index contributed by atoms with van der Waals surface area (Å²) in [6.45, 7) is 6.31. The molecule has 132 valence electrons. The average Bonchev–Trinajstić information content (AvgIpc) is 2.97. The first-order valence-corrected chi connectivity index (χ1v) is 9.29. The zero-order valence-corrected chi connectivity index (χ0v) is 15.4. The molecule has 0 aromatic heterocycles. The van der Waals surface area contributed by atoms with Crippen LogP contribution >= 0.6 is 11.6 Å². The van der Waals surface area contributed by atoms with Crippen LogP contribution in [0.5, 0.6) is 0 Å². The first-order valence-electron chi connectivity index (χ1n) is 8.91. The predicted molar refractivity (Wildman–Crippen MR) is 98.3 cm³/mol. The minimum absolute atomic E-state index is 0.0154. The number of carbonyl (C=O) groups excluding carboxylic acids is 2. The largest absolute Gasteiger partial charge is 0.342 e. The summed E-state index contributed by atoms with van der Waals surface area (Å²) >= 11 is 5.91. The van der Waals surface area contributed by atoms with Gasteiger partial charge in [0.2, 0.25) is 11.8 Å². The summed E-state index contributed by atoms with van der Waals surface area (Å²) in [7, 11) is 0. The van der Waals surface area contributed by atoms with Crippen LogP contribution < -0.4 is 4.90 Å². The Morgan fingerprint density at radius 3 is 2.29 bits per heavy atom. The van der Waals surface area contributed by atoms with E-state index in [0.29, 0.717) is 18.0 Å². The summed E-state index contributed by atoms with van der Waals surface area (Å²) in [5.74, 6) is -0.0924. The highest BCUT2D eigenvalue weighted by Crippen LogP contribution is 2.27. The molecule has 0 bridgehead atoms. The van der Waals surface area contributed by atoms with Crippen LogP contribution in [0, 0.1) is 5.92 Å². The van der Waals surface area contributed by atoms with Crippen molar-refractivity contribution in [2.24, 2.45) is 5.92 Å². The second kappa shape index (κ2) is 9.07. The Kier molecular flexibility index (Phi) is 7.10. The average molecular weight is 351 g/mol. The van der Waals surface area contributed by atoms with Crippen LogP contribution in [0.1, 0.15) is 46.0 Å². The predicted octanol–water partition coefficient (Wildman–Crippen LogP) is 4.12. The number of unbranched alkanes of at least 4 members (excludes halogenated alkanes) is 2. The van der Waals surface area contributed by atoms with Gasteiger partial charge < -0.3 is 9.80 Å². The molecule has 0 radical (unpaired) electrons. The fourth-order valence-corrected chi connectivity index (χ4v) is 3.16. The topological polar surface area (TPSA) is 40.6 Å². The lowest BCUT2D eigenvalue weighted by molar-refractivity contribution is -0.136.